The Morgan fingerprint density at radius 2 is 2.05 bits per heavy atom. The predicted octanol–water partition coefficient (Wildman–Crippen LogP) is 1.53. The molecule has 2 rings (SSSR count). The Hall–Kier alpha value is -1.39. The minimum atomic E-state index is 0.0524. The molecule has 0 radical (unpaired) electrons. The molecule has 0 unspecified atom stereocenters. The van der Waals surface area contributed by atoms with E-state index in [-0.39, 0.29) is 11.9 Å². The van der Waals surface area contributed by atoms with Gasteiger partial charge >= 0.3 is 0 Å². The van der Waals surface area contributed by atoms with Gasteiger partial charge in [-0.3, -0.25) is 4.79 Å². The standard InChI is InChI=1S/C17H27N3O/c1-12-6-7-15(13(2)8-12)17(21)18-16-11-20(5)10-14(16)9-19(3)4/h6-8,14,16H,9-11H2,1-5H3,(H,18,21)/t14-,16-/m1/s1. The zero-order valence-electron chi connectivity index (χ0n) is 13.8. The molecule has 4 nitrogen and oxygen atoms in total. The van der Waals surface area contributed by atoms with Gasteiger partial charge in [-0.15, -0.1) is 0 Å². The number of aryl methyl sites for hydroxylation is 2. The van der Waals surface area contributed by atoms with Crippen LogP contribution >= 0.6 is 0 Å². The van der Waals surface area contributed by atoms with Gasteiger partial charge in [0.2, 0.25) is 0 Å². The topological polar surface area (TPSA) is 35.6 Å². The number of carbonyl (C=O) groups excluding carboxylic acids is 1. The average molecular weight is 289 g/mol. The lowest BCUT2D eigenvalue weighted by atomic mass is 10.0. The molecule has 116 valence electrons. The van der Waals surface area contributed by atoms with Crippen LogP contribution in [0.5, 0.6) is 0 Å². The summed E-state index contributed by atoms with van der Waals surface area (Å²) >= 11 is 0. The summed E-state index contributed by atoms with van der Waals surface area (Å²) in [6.07, 6.45) is 0. The normalized spacial score (nSPS) is 22.8. The Labute approximate surface area is 128 Å². The summed E-state index contributed by atoms with van der Waals surface area (Å²) in [4.78, 5) is 17.0. The highest BCUT2D eigenvalue weighted by Crippen LogP contribution is 2.18. The summed E-state index contributed by atoms with van der Waals surface area (Å²) in [5, 5.41) is 3.23. The smallest absolute Gasteiger partial charge is 0.251 e. The van der Waals surface area contributed by atoms with E-state index in [1.165, 1.54) is 5.56 Å². The van der Waals surface area contributed by atoms with E-state index in [0.29, 0.717) is 5.92 Å². The van der Waals surface area contributed by atoms with Crippen molar-refractivity contribution in [3.63, 3.8) is 0 Å². The molecule has 1 aliphatic rings. The van der Waals surface area contributed by atoms with Gasteiger partial charge in [-0.25, -0.2) is 0 Å². The highest BCUT2D eigenvalue weighted by Gasteiger charge is 2.32. The van der Waals surface area contributed by atoms with Crippen molar-refractivity contribution >= 4 is 5.91 Å². The molecule has 1 saturated heterocycles. The maximum Gasteiger partial charge on any atom is 0.251 e. The van der Waals surface area contributed by atoms with Crippen LogP contribution in [0.3, 0.4) is 0 Å². The highest BCUT2D eigenvalue weighted by molar-refractivity contribution is 5.95. The summed E-state index contributed by atoms with van der Waals surface area (Å²) in [6, 6.07) is 6.22. The number of hydrogen-bond acceptors (Lipinski definition) is 3. The lowest BCUT2D eigenvalue weighted by Gasteiger charge is -2.23. The minimum absolute atomic E-state index is 0.0524. The molecule has 0 aliphatic carbocycles. The Bertz CT molecular complexity index is 513. The Kier molecular flexibility index (Phi) is 5.01. The van der Waals surface area contributed by atoms with Crippen molar-refractivity contribution in [1.29, 1.82) is 0 Å². The number of nitrogens with zero attached hydrogens (tertiary/aromatic N) is 2. The van der Waals surface area contributed by atoms with Gasteiger partial charge in [0.1, 0.15) is 0 Å². The van der Waals surface area contributed by atoms with Crippen LogP contribution in [0.4, 0.5) is 0 Å². The van der Waals surface area contributed by atoms with Crippen LogP contribution in [0, 0.1) is 19.8 Å². The van der Waals surface area contributed by atoms with Crippen LogP contribution in [0.1, 0.15) is 21.5 Å². The van der Waals surface area contributed by atoms with Gasteiger partial charge in [0.05, 0.1) is 0 Å². The molecule has 21 heavy (non-hydrogen) atoms. The lowest BCUT2D eigenvalue weighted by Crippen LogP contribution is -2.43. The number of hydrogen-bond donors (Lipinski definition) is 1. The summed E-state index contributed by atoms with van der Waals surface area (Å²) in [5.74, 6) is 0.538. The number of rotatable bonds is 4. The number of carbonyl (C=O) groups is 1. The monoisotopic (exact) mass is 289 g/mol. The fourth-order valence-electron chi connectivity index (χ4n) is 3.22. The van der Waals surface area contributed by atoms with Crippen molar-refractivity contribution in [2.24, 2.45) is 5.92 Å². The summed E-state index contributed by atoms with van der Waals surface area (Å²) < 4.78 is 0. The number of likely N-dealkylation sites (tertiary alicyclic amines) is 1. The molecule has 1 aromatic rings. The molecular formula is C17H27N3O. The van der Waals surface area contributed by atoms with Crippen molar-refractivity contribution in [2.75, 3.05) is 40.8 Å². The van der Waals surface area contributed by atoms with E-state index in [2.05, 4.69) is 42.3 Å². The van der Waals surface area contributed by atoms with E-state index in [9.17, 15) is 4.79 Å². The van der Waals surface area contributed by atoms with Gasteiger partial charge in [0.25, 0.3) is 5.91 Å². The molecule has 1 amide bonds. The van der Waals surface area contributed by atoms with Crippen LogP contribution < -0.4 is 5.32 Å². The van der Waals surface area contributed by atoms with Gasteiger partial charge in [-0.1, -0.05) is 17.7 Å². The van der Waals surface area contributed by atoms with Crippen LogP contribution in [-0.2, 0) is 0 Å². The molecule has 1 aromatic carbocycles. The van der Waals surface area contributed by atoms with Crippen LogP contribution in [0.15, 0.2) is 18.2 Å². The van der Waals surface area contributed by atoms with Crippen LogP contribution in [0.2, 0.25) is 0 Å². The van der Waals surface area contributed by atoms with Crippen molar-refractivity contribution in [2.45, 2.75) is 19.9 Å². The van der Waals surface area contributed by atoms with Crippen LogP contribution in [-0.4, -0.2) is 62.5 Å². The molecule has 1 aliphatic heterocycles. The van der Waals surface area contributed by atoms with Crippen molar-refractivity contribution < 1.29 is 4.79 Å². The first kappa shape index (κ1) is 16.0. The molecule has 4 heteroatoms. The van der Waals surface area contributed by atoms with Gasteiger partial charge in [-0.05, 0) is 46.6 Å². The summed E-state index contributed by atoms with van der Waals surface area (Å²) in [5.41, 5.74) is 3.02. The average Bonchev–Trinajstić information content (AvgIpc) is 2.68. The second kappa shape index (κ2) is 6.58. The van der Waals surface area contributed by atoms with E-state index >= 15 is 0 Å². The van der Waals surface area contributed by atoms with Gasteiger partial charge < -0.3 is 15.1 Å². The van der Waals surface area contributed by atoms with E-state index in [4.69, 9.17) is 0 Å². The zero-order valence-corrected chi connectivity index (χ0v) is 13.8. The number of nitrogens with one attached hydrogen (secondary N) is 1. The molecule has 1 heterocycles. The first-order chi connectivity index (χ1) is 9.86. The zero-order chi connectivity index (χ0) is 15.6. The second-order valence-corrected chi connectivity index (χ2v) is 6.64. The first-order valence-corrected chi connectivity index (χ1v) is 7.58. The Balaban J connectivity index is 2.07. The van der Waals surface area contributed by atoms with Gasteiger partial charge in [-0.2, -0.15) is 0 Å². The number of amides is 1. The first-order valence-electron chi connectivity index (χ1n) is 7.58. The van der Waals surface area contributed by atoms with Crippen molar-refractivity contribution in [1.82, 2.24) is 15.1 Å². The quantitative estimate of drug-likeness (QED) is 0.913. The lowest BCUT2D eigenvalue weighted by molar-refractivity contribution is 0.0926. The molecular weight excluding hydrogens is 262 g/mol. The van der Waals surface area contributed by atoms with E-state index in [0.717, 1.165) is 30.8 Å². The van der Waals surface area contributed by atoms with Crippen LogP contribution in [0.25, 0.3) is 0 Å². The number of likely N-dealkylation sites (N-methyl/N-ethyl adjacent to an activating group) is 1. The highest BCUT2D eigenvalue weighted by atomic mass is 16.1. The molecule has 0 saturated carbocycles. The van der Waals surface area contributed by atoms with Gasteiger partial charge in [0.15, 0.2) is 0 Å². The maximum atomic E-state index is 12.5. The molecule has 0 aromatic heterocycles. The third-order valence-corrected chi connectivity index (χ3v) is 4.17. The van der Waals surface area contributed by atoms with Gasteiger partial charge in [0, 0.05) is 37.2 Å². The Morgan fingerprint density at radius 1 is 1.33 bits per heavy atom. The fraction of sp³-hybridized carbons (Fsp3) is 0.588. The third-order valence-electron chi connectivity index (χ3n) is 4.17. The fourth-order valence-corrected chi connectivity index (χ4v) is 3.22. The molecule has 2 atom stereocenters. The molecule has 1 N–H and O–H groups in total. The third kappa shape index (κ3) is 4.05. The van der Waals surface area contributed by atoms with E-state index < -0.39 is 0 Å². The molecule has 1 fully saturated rings. The van der Waals surface area contributed by atoms with E-state index in [1.807, 2.05) is 26.0 Å². The predicted molar refractivity (Wildman–Crippen MR) is 86.7 cm³/mol. The second-order valence-electron chi connectivity index (χ2n) is 6.64. The minimum Gasteiger partial charge on any atom is -0.348 e. The Morgan fingerprint density at radius 3 is 2.67 bits per heavy atom. The number of benzene rings is 1. The SMILES string of the molecule is Cc1ccc(C(=O)N[C@@H]2CN(C)C[C@H]2CN(C)C)c(C)c1. The maximum absolute atomic E-state index is 12.5. The summed E-state index contributed by atoms with van der Waals surface area (Å²) in [6.45, 7) is 7.01. The molecule has 0 spiro atoms. The van der Waals surface area contributed by atoms with Crippen molar-refractivity contribution in [3.05, 3.63) is 34.9 Å². The summed E-state index contributed by atoms with van der Waals surface area (Å²) in [7, 11) is 6.29. The van der Waals surface area contributed by atoms with Crippen molar-refractivity contribution in [3.8, 4) is 0 Å². The largest absolute Gasteiger partial charge is 0.348 e. The molecule has 0 bridgehead atoms. The van der Waals surface area contributed by atoms with E-state index in [1.54, 1.807) is 0 Å².